The lowest BCUT2D eigenvalue weighted by Gasteiger charge is -2.23. The van der Waals surface area contributed by atoms with Crippen molar-refractivity contribution in [3.05, 3.63) is 78.0 Å². The minimum Gasteiger partial charge on any atom is -0.387 e. The fourth-order valence-electron chi connectivity index (χ4n) is 3.53. The van der Waals surface area contributed by atoms with Crippen LogP contribution in [0.3, 0.4) is 0 Å². The molecule has 0 radical (unpaired) electrons. The summed E-state index contributed by atoms with van der Waals surface area (Å²) in [6.45, 7) is 8.65. The van der Waals surface area contributed by atoms with Gasteiger partial charge in [0.05, 0.1) is 30.2 Å². The number of aromatic nitrogens is 4. The molecule has 3 N–H and O–H groups in total. The lowest BCUT2D eigenvalue weighted by molar-refractivity contribution is 0.163. The fraction of sp³-hybridized carbons (Fsp3) is 0.320. The van der Waals surface area contributed by atoms with E-state index in [1.54, 1.807) is 10.6 Å². The highest BCUT2D eigenvalue weighted by atomic mass is 19.1. The average molecular weight is 449 g/mol. The number of rotatable bonds is 7. The van der Waals surface area contributed by atoms with Crippen LogP contribution in [-0.4, -0.2) is 36.5 Å². The third kappa shape index (κ3) is 5.35. The highest BCUT2D eigenvalue weighted by Crippen LogP contribution is 2.25. The summed E-state index contributed by atoms with van der Waals surface area (Å²) in [5.41, 5.74) is 3.24. The first kappa shape index (κ1) is 22.8. The van der Waals surface area contributed by atoms with Crippen molar-refractivity contribution in [1.29, 1.82) is 0 Å². The lowest BCUT2D eigenvalue weighted by Crippen LogP contribution is -2.38. The molecule has 0 aliphatic heterocycles. The van der Waals surface area contributed by atoms with Crippen molar-refractivity contribution in [3.8, 4) is 11.4 Å². The molecule has 0 amide bonds. The van der Waals surface area contributed by atoms with Crippen LogP contribution in [-0.2, 0) is 0 Å². The number of imidazole rings is 1. The SMILES string of the molecule is C[C@H](Nc1ncc(F)c(-c2cnc3ccccn23)n1)c1ccc([C@H](O)CNC(C)(C)C)cc1. The fourth-order valence-corrected chi connectivity index (χ4v) is 3.53. The molecule has 172 valence electrons. The van der Waals surface area contributed by atoms with E-state index < -0.39 is 11.9 Å². The number of hydrogen-bond donors (Lipinski definition) is 3. The van der Waals surface area contributed by atoms with Crippen LogP contribution in [0, 0.1) is 5.82 Å². The van der Waals surface area contributed by atoms with Crippen LogP contribution in [0.1, 0.15) is 51.0 Å². The molecule has 3 heterocycles. The quantitative estimate of drug-likeness (QED) is 0.385. The smallest absolute Gasteiger partial charge is 0.223 e. The van der Waals surface area contributed by atoms with Gasteiger partial charge in [0, 0.05) is 18.3 Å². The number of halogens is 1. The van der Waals surface area contributed by atoms with Crippen molar-refractivity contribution in [1.82, 2.24) is 24.7 Å². The molecule has 0 bridgehead atoms. The molecule has 1 aromatic carbocycles. The van der Waals surface area contributed by atoms with Crippen LogP contribution in [0.25, 0.3) is 17.0 Å². The zero-order chi connectivity index (χ0) is 23.6. The van der Waals surface area contributed by atoms with Gasteiger partial charge in [-0.2, -0.15) is 0 Å². The van der Waals surface area contributed by atoms with E-state index in [9.17, 15) is 9.50 Å². The molecule has 8 heteroatoms. The molecule has 4 rings (SSSR count). The highest BCUT2D eigenvalue weighted by Gasteiger charge is 2.17. The van der Waals surface area contributed by atoms with Gasteiger partial charge >= 0.3 is 0 Å². The molecule has 0 spiro atoms. The number of anilines is 1. The molecule has 4 aromatic rings. The maximum Gasteiger partial charge on any atom is 0.223 e. The normalized spacial score (nSPS) is 13.8. The topological polar surface area (TPSA) is 87.4 Å². The lowest BCUT2D eigenvalue weighted by atomic mass is 10.0. The Labute approximate surface area is 192 Å². The minimum atomic E-state index is -0.588. The summed E-state index contributed by atoms with van der Waals surface area (Å²) < 4.78 is 16.3. The monoisotopic (exact) mass is 448 g/mol. The zero-order valence-corrected chi connectivity index (χ0v) is 19.2. The first-order valence-corrected chi connectivity index (χ1v) is 11.0. The van der Waals surface area contributed by atoms with E-state index in [1.165, 1.54) is 6.20 Å². The van der Waals surface area contributed by atoms with E-state index >= 15 is 0 Å². The molecule has 7 nitrogen and oxygen atoms in total. The second kappa shape index (κ2) is 9.25. The van der Waals surface area contributed by atoms with Gasteiger partial charge < -0.3 is 15.7 Å². The number of fused-ring (bicyclic) bond motifs is 1. The number of pyridine rings is 1. The van der Waals surface area contributed by atoms with Gasteiger partial charge in [0.2, 0.25) is 5.95 Å². The van der Waals surface area contributed by atoms with Gasteiger partial charge in [-0.25, -0.2) is 19.3 Å². The Hall–Kier alpha value is -3.36. The summed E-state index contributed by atoms with van der Waals surface area (Å²) in [5, 5.41) is 17.0. The number of hydrogen-bond acceptors (Lipinski definition) is 6. The van der Waals surface area contributed by atoms with Crippen LogP contribution in [0.15, 0.2) is 61.1 Å². The summed E-state index contributed by atoms with van der Waals surface area (Å²) in [4.78, 5) is 12.8. The van der Waals surface area contributed by atoms with Gasteiger partial charge in [-0.1, -0.05) is 30.3 Å². The van der Waals surface area contributed by atoms with E-state index in [0.29, 0.717) is 23.8 Å². The molecule has 0 saturated heterocycles. The minimum absolute atomic E-state index is 0.0589. The van der Waals surface area contributed by atoms with E-state index in [-0.39, 0.29) is 17.3 Å². The molecular formula is C25H29FN6O. The third-order valence-corrected chi connectivity index (χ3v) is 5.40. The van der Waals surface area contributed by atoms with Gasteiger partial charge in [0.15, 0.2) is 5.82 Å². The molecule has 33 heavy (non-hydrogen) atoms. The summed E-state index contributed by atoms with van der Waals surface area (Å²) >= 11 is 0. The molecule has 2 atom stereocenters. The van der Waals surface area contributed by atoms with E-state index in [1.807, 2.05) is 55.6 Å². The highest BCUT2D eigenvalue weighted by molar-refractivity contribution is 5.61. The van der Waals surface area contributed by atoms with Crippen LogP contribution in [0.5, 0.6) is 0 Å². The van der Waals surface area contributed by atoms with E-state index in [2.05, 4.69) is 46.4 Å². The second-order valence-electron chi connectivity index (χ2n) is 9.14. The largest absolute Gasteiger partial charge is 0.387 e. The summed E-state index contributed by atoms with van der Waals surface area (Å²) in [6.07, 6.45) is 4.01. The Morgan fingerprint density at radius 2 is 1.76 bits per heavy atom. The molecular weight excluding hydrogens is 419 g/mol. The first-order valence-electron chi connectivity index (χ1n) is 11.0. The van der Waals surface area contributed by atoms with Crippen molar-refractivity contribution in [3.63, 3.8) is 0 Å². The average Bonchev–Trinajstić information content (AvgIpc) is 3.22. The molecule has 3 aromatic heterocycles. The predicted octanol–water partition coefficient (Wildman–Crippen LogP) is 4.53. The maximum atomic E-state index is 14.6. The Morgan fingerprint density at radius 3 is 2.48 bits per heavy atom. The summed E-state index contributed by atoms with van der Waals surface area (Å²) in [5.74, 6) is -0.190. The third-order valence-electron chi connectivity index (χ3n) is 5.40. The van der Waals surface area contributed by atoms with Crippen LogP contribution >= 0.6 is 0 Å². The Morgan fingerprint density at radius 1 is 1.03 bits per heavy atom. The Bertz CT molecular complexity index is 1230. The van der Waals surface area contributed by atoms with Gasteiger partial charge in [0.25, 0.3) is 0 Å². The van der Waals surface area contributed by atoms with Gasteiger partial charge in [-0.05, 0) is 51.0 Å². The number of nitrogens with one attached hydrogen (secondary N) is 2. The molecule has 0 aliphatic carbocycles. The number of aliphatic hydroxyl groups is 1. The maximum absolute atomic E-state index is 14.6. The van der Waals surface area contributed by atoms with Gasteiger partial charge in [0.1, 0.15) is 11.3 Å². The van der Waals surface area contributed by atoms with Crippen molar-refractivity contribution in [2.45, 2.75) is 45.4 Å². The number of β-amino-alcohol motifs (C(OH)–C–C–N with tert-alkyl or cyclic N) is 1. The van der Waals surface area contributed by atoms with Crippen LogP contribution < -0.4 is 10.6 Å². The van der Waals surface area contributed by atoms with Gasteiger partial charge in [-0.15, -0.1) is 0 Å². The predicted molar refractivity (Wildman–Crippen MR) is 127 cm³/mol. The van der Waals surface area contributed by atoms with Crippen molar-refractivity contribution >= 4 is 11.6 Å². The zero-order valence-electron chi connectivity index (χ0n) is 19.2. The molecule has 0 fully saturated rings. The summed E-state index contributed by atoms with van der Waals surface area (Å²) in [7, 11) is 0. The Balaban J connectivity index is 1.49. The van der Waals surface area contributed by atoms with Gasteiger partial charge in [-0.3, -0.25) is 4.40 Å². The summed E-state index contributed by atoms with van der Waals surface area (Å²) in [6, 6.07) is 13.2. The van der Waals surface area contributed by atoms with Crippen molar-refractivity contribution < 1.29 is 9.50 Å². The van der Waals surface area contributed by atoms with Crippen molar-refractivity contribution in [2.24, 2.45) is 0 Å². The number of benzene rings is 1. The standard InChI is InChI=1S/C25H29FN6O/c1-16(17-8-10-18(11-9-17)21(33)15-29-25(2,3)4)30-24-28-13-19(26)23(31-24)20-14-27-22-7-5-6-12-32(20)22/h5-14,16,21,29,33H,15H2,1-4H3,(H,28,30,31)/t16-,21+/m0/s1. The Kier molecular flexibility index (Phi) is 6.40. The number of aliphatic hydroxyl groups excluding tert-OH is 1. The van der Waals surface area contributed by atoms with Crippen molar-refractivity contribution in [2.75, 3.05) is 11.9 Å². The molecule has 0 saturated carbocycles. The van der Waals surface area contributed by atoms with E-state index in [0.717, 1.165) is 11.1 Å². The molecule has 0 aliphatic rings. The van der Waals surface area contributed by atoms with Crippen LogP contribution in [0.4, 0.5) is 10.3 Å². The first-order chi connectivity index (χ1) is 15.7. The van der Waals surface area contributed by atoms with Crippen LogP contribution in [0.2, 0.25) is 0 Å². The van der Waals surface area contributed by atoms with E-state index in [4.69, 9.17) is 0 Å². The number of nitrogens with zero attached hydrogens (tertiary/aromatic N) is 4. The second-order valence-corrected chi connectivity index (χ2v) is 9.14. The molecule has 0 unspecified atom stereocenters.